The first-order valence-corrected chi connectivity index (χ1v) is 26.2. The van der Waals surface area contributed by atoms with Crippen LogP contribution in [-0.4, -0.2) is 118 Å². The van der Waals surface area contributed by atoms with E-state index in [1.54, 1.807) is 34.3 Å². The van der Waals surface area contributed by atoms with Gasteiger partial charge in [0, 0.05) is 45.6 Å². The zero-order valence-electron chi connectivity index (χ0n) is 40.5. The number of ether oxygens (including phenoxy) is 5. The summed E-state index contributed by atoms with van der Waals surface area (Å²) in [4.78, 5) is 58.2. The number of amides is 1. The summed E-state index contributed by atoms with van der Waals surface area (Å²) in [5, 5.41) is 12.2. The third-order valence-electron chi connectivity index (χ3n) is 14.6. The standard InChI is InChI=1S/C49H81NO11Si/c1-15-36-25-30(2)24-31(3)26-41(57-11)44-42(58-12)28-34(6)49(55,60-44)45(52)46(53)50-23-17-16-18-37(50)47(54)59-43(32(4)19-21-38(36)51)33(5)27-35-20-22-39(40(29-35)56-10)61-62(13,14)48(7,8)9/h19,21,25,27,31-32,34-37,39-44,55H,15-18,20,22-24,26,28-29H2,1-14H3/b21-19+,30-25+,33-27?. The molecule has 1 N–H and O–H groups in total. The number of carbonyl (C=O) groups excluding carboxylic acids is 4. The Morgan fingerprint density at radius 3 is 2.19 bits per heavy atom. The van der Waals surface area contributed by atoms with E-state index < -0.39 is 74.1 Å². The van der Waals surface area contributed by atoms with Gasteiger partial charge in [0.05, 0.1) is 24.4 Å². The quantitative estimate of drug-likeness (QED) is 0.109. The minimum atomic E-state index is -2.47. The summed E-state index contributed by atoms with van der Waals surface area (Å²) >= 11 is 0. The fraction of sp³-hybridized carbons (Fsp3) is 0.796. The SMILES string of the molecule is CCC1/C=C(\C)CC(C)CC(OC)C2OC(O)(C(=O)C(=O)N3CCCCC3C(=O)OC(C(C)=CC3CCC(O[Si](C)(C)C(C)(C)C)C(OC)C3)C(C)/C=C/C1=O)C(C)CC2OC. The van der Waals surface area contributed by atoms with E-state index in [0.717, 1.165) is 30.4 Å². The highest BCUT2D eigenvalue weighted by Gasteiger charge is 2.56. The maximum atomic E-state index is 14.5. The Kier molecular flexibility index (Phi) is 18.6. The van der Waals surface area contributed by atoms with Crippen LogP contribution in [0.1, 0.15) is 127 Å². The van der Waals surface area contributed by atoms with Crippen LogP contribution in [0.25, 0.3) is 0 Å². The maximum absolute atomic E-state index is 14.5. The Balaban J connectivity index is 1.73. The van der Waals surface area contributed by atoms with E-state index in [-0.39, 0.29) is 53.7 Å². The number of rotatable bonds is 8. The lowest BCUT2D eigenvalue weighted by Crippen LogP contribution is -2.64. The first-order chi connectivity index (χ1) is 29.0. The molecule has 2 bridgehead atoms. The molecule has 0 aromatic carbocycles. The molecule has 3 aliphatic heterocycles. The van der Waals surface area contributed by atoms with Gasteiger partial charge in [-0.05, 0) is 120 Å². The van der Waals surface area contributed by atoms with E-state index in [9.17, 15) is 24.3 Å². The molecular weight excluding hydrogens is 807 g/mol. The molecule has 3 fully saturated rings. The van der Waals surface area contributed by atoms with Crippen LogP contribution in [0.15, 0.2) is 35.5 Å². The van der Waals surface area contributed by atoms with Crippen molar-refractivity contribution in [2.45, 2.75) is 193 Å². The molecule has 4 aliphatic rings. The highest BCUT2D eigenvalue weighted by molar-refractivity contribution is 6.74. The second-order valence-corrected chi connectivity index (χ2v) is 25.3. The number of hydrogen-bond acceptors (Lipinski definition) is 11. The van der Waals surface area contributed by atoms with E-state index in [2.05, 4.69) is 46.9 Å². The van der Waals surface area contributed by atoms with E-state index in [4.69, 9.17) is 28.1 Å². The molecule has 13 heteroatoms. The highest BCUT2D eigenvalue weighted by Crippen LogP contribution is 2.42. The van der Waals surface area contributed by atoms with Gasteiger partial charge in [-0.1, -0.05) is 72.3 Å². The number of fused-ring (bicyclic) bond motifs is 3. The van der Waals surface area contributed by atoms with Gasteiger partial charge in [-0.3, -0.25) is 14.4 Å². The van der Waals surface area contributed by atoms with Gasteiger partial charge in [0.25, 0.3) is 11.7 Å². The average Bonchev–Trinajstić information content (AvgIpc) is 3.22. The largest absolute Gasteiger partial charge is 0.456 e. The number of Topliss-reactive ketones (excluding diaryl/α,β-unsaturated/α-hetero) is 1. The van der Waals surface area contributed by atoms with Gasteiger partial charge in [0.1, 0.15) is 18.2 Å². The minimum absolute atomic E-state index is 0.00979. The lowest BCUT2D eigenvalue weighted by molar-refractivity contribution is -0.302. The van der Waals surface area contributed by atoms with Crippen LogP contribution in [0.3, 0.4) is 0 Å². The van der Waals surface area contributed by atoms with Crippen LogP contribution >= 0.6 is 0 Å². The third-order valence-corrected chi connectivity index (χ3v) is 19.1. The van der Waals surface area contributed by atoms with Crippen LogP contribution in [-0.2, 0) is 47.3 Å². The molecule has 1 aliphatic carbocycles. The summed E-state index contributed by atoms with van der Waals surface area (Å²) in [5.41, 5.74) is 1.89. The van der Waals surface area contributed by atoms with Crippen molar-refractivity contribution in [3.8, 4) is 0 Å². The van der Waals surface area contributed by atoms with Crippen LogP contribution in [0.4, 0.5) is 0 Å². The summed E-state index contributed by atoms with van der Waals surface area (Å²) < 4.78 is 37.4. The topological polar surface area (TPSA) is 147 Å². The lowest BCUT2D eigenvalue weighted by Gasteiger charge is -2.47. The third kappa shape index (κ3) is 12.4. The van der Waals surface area contributed by atoms with Gasteiger partial charge >= 0.3 is 5.97 Å². The Morgan fingerprint density at radius 2 is 1.58 bits per heavy atom. The second kappa shape index (κ2) is 22.1. The van der Waals surface area contributed by atoms with Gasteiger partial charge in [0.2, 0.25) is 5.79 Å². The Hall–Kier alpha value is -2.52. The molecule has 352 valence electrons. The van der Waals surface area contributed by atoms with Gasteiger partial charge in [-0.2, -0.15) is 0 Å². The number of methoxy groups -OCH3 is 3. The van der Waals surface area contributed by atoms with Crippen LogP contribution in [0.2, 0.25) is 18.1 Å². The van der Waals surface area contributed by atoms with Crippen LogP contribution in [0, 0.1) is 29.6 Å². The van der Waals surface area contributed by atoms with Crippen molar-refractivity contribution in [1.29, 1.82) is 0 Å². The average molecular weight is 888 g/mol. The molecule has 62 heavy (non-hydrogen) atoms. The summed E-state index contributed by atoms with van der Waals surface area (Å²) in [6.07, 6.45) is 10.8. The number of carbonyl (C=O) groups is 4. The maximum Gasteiger partial charge on any atom is 0.329 e. The first kappa shape index (κ1) is 52.1. The Labute approximate surface area is 374 Å². The Morgan fingerprint density at radius 1 is 0.935 bits per heavy atom. The molecule has 2 saturated heterocycles. The van der Waals surface area contributed by atoms with Crippen molar-refractivity contribution in [1.82, 2.24) is 4.90 Å². The number of esters is 1. The number of piperidine rings is 1. The van der Waals surface area contributed by atoms with Crippen LogP contribution < -0.4 is 0 Å². The van der Waals surface area contributed by atoms with Gasteiger partial charge in [-0.25, -0.2) is 4.79 Å². The van der Waals surface area contributed by atoms with E-state index in [1.807, 2.05) is 39.8 Å². The molecule has 4 rings (SSSR count). The Bertz CT molecular complexity index is 1650. The number of nitrogens with zero attached hydrogens (tertiary/aromatic N) is 1. The van der Waals surface area contributed by atoms with Crippen molar-refractivity contribution in [3.63, 3.8) is 0 Å². The van der Waals surface area contributed by atoms with Crippen molar-refractivity contribution in [3.05, 3.63) is 35.5 Å². The van der Waals surface area contributed by atoms with Crippen molar-refractivity contribution < 1.29 is 52.4 Å². The van der Waals surface area contributed by atoms with Gasteiger partial charge in [0.15, 0.2) is 14.1 Å². The van der Waals surface area contributed by atoms with Gasteiger partial charge in [-0.15, -0.1) is 0 Å². The summed E-state index contributed by atoms with van der Waals surface area (Å²) in [7, 11) is 2.81. The fourth-order valence-electron chi connectivity index (χ4n) is 9.75. The minimum Gasteiger partial charge on any atom is -0.456 e. The number of ketones is 2. The smallest absolute Gasteiger partial charge is 0.329 e. The lowest BCUT2D eigenvalue weighted by atomic mass is 9.82. The predicted molar refractivity (Wildman–Crippen MR) is 243 cm³/mol. The first-order valence-electron chi connectivity index (χ1n) is 23.3. The van der Waals surface area contributed by atoms with E-state index in [0.29, 0.717) is 38.5 Å². The number of allylic oxidation sites excluding steroid dienone is 4. The predicted octanol–water partition coefficient (Wildman–Crippen LogP) is 8.31. The monoisotopic (exact) mass is 888 g/mol. The van der Waals surface area contributed by atoms with Crippen molar-refractivity contribution in [2.75, 3.05) is 27.9 Å². The summed E-state index contributed by atoms with van der Waals surface area (Å²) in [5.74, 6) is -6.58. The zero-order valence-corrected chi connectivity index (χ0v) is 41.5. The molecule has 0 radical (unpaired) electrons. The molecule has 1 saturated carbocycles. The number of aliphatic hydroxyl groups is 1. The molecule has 0 aromatic rings. The molecule has 0 spiro atoms. The molecule has 1 amide bonds. The van der Waals surface area contributed by atoms with Gasteiger partial charge < -0.3 is 38.1 Å². The zero-order chi connectivity index (χ0) is 46.3. The number of hydrogen-bond donors (Lipinski definition) is 1. The van der Waals surface area contributed by atoms with Crippen LogP contribution in [0.5, 0.6) is 0 Å². The summed E-state index contributed by atoms with van der Waals surface area (Å²) in [6, 6.07) is -1.06. The second-order valence-electron chi connectivity index (χ2n) is 20.5. The van der Waals surface area contributed by atoms with Crippen molar-refractivity contribution >= 4 is 31.8 Å². The highest BCUT2D eigenvalue weighted by atomic mass is 28.4. The molecule has 13 atom stereocenters. The summed E-state index contributed by atoms with van der Waals surface area (Å²) in [6.45, 7) is 23.0. The molecular formula is C49H81NO11Si. The molecule has 0 aromatic heterocycles. The van der Waals surface area contributed by atoms with E-state index >= 15 is 0 Å². The molecule has 13 unspecified atom stereocenters. The molecule has 3 heterocycles. The fourth-order valence-corrected chi connectivity index (χ4v) is 11.1. The number of cyclic esters (lactones) is 1. The van der Waals surface area contributed by atoms with E-state index in [1.165, 1.54) is 4.90 Å². The molecule has 12 nitrogen and oxygen atoms in total. The van der Waals surface area contributed by atoms with Crippen molar-refractivity contribution in [2.24, 2.45) is 29.6 Å². The normalized spacial score (nSPS) is 38.3.